The van der Waals surface area contributed by atoms with E-state index in [1.807, 2.05) is 42.5 Å². The van der Waals surface area contributed by atoms with Gasteiger partial charge < -0.3 is 19.5 Å². The van der Waals surface area contributed by atoms with E-state index in [-0.39, 0.29) is 24.8 Å². The molecule has 2 aromatic carbocycles. The van der Waals surface area contributed by atoms with E-state index in [0.29, 0.717) is 22.9 Å². The number of rotatable bonds is 10. The monoisotopic (exact) mass is 499 g/mol. The molecule has 2 aromatic heterocycles. The molecule has 190 valence electrons. The third-order valence-electron chi connectivity index (χ3n) is 5.89. The topological polar surface area (TPSA) is 105 Å². The Morgan fingerprint density at radius 2 is 1.49 bits per heavy atom. The molecule has 2 N–H and O–H groups in total. The zero-order valence-corrected chi connectivity index (χ0v) is 20.7. The lowest BCUT2D eigenvalue weighted by Crippen LogP contribution is -2.47. The molecular formula is C29H29N3O5. The van der Waals surface area contributed by atoms with Crippen LogP contribution in [0.15, 0.2) is 100 Å². The summed E-state index contributed by atoms with van der Waals surface area (Å²) in [5.74, 6) is -0.388. The summed E-state index contributed by atoms with van der Waals surface area (Å²) < 4.78 is 10.5. The second-order valence-corrected chi connectivity index (χ2v) is 8.78. The van der Waals surface area contributed by atoms with Crippen LogP contribution in [0.5, 0.6) is 0 Å². The highest BCUT2D eigenvalue weighted by Gasteiger charge is 2.33. The molecule has 3 amide bonds. The Balaban J connectivity index is 1.67. The van der Waals surface area contributed by atoms with Crippen molar-refractivity contribution in [2.45, 2.75) is 32.4 Å². The van der Waals surface area contributed by atoms with Crippen LogP contribution in [-0.2, 0) is 16.1 Å². The molecule has 0 saturated heterocycles. The van der Waals surface area contributed by atoms with Crippen molar-refractivity contribution in [3.8, 4) is 0 Å². The van der Waals surface area contributed by atoms with Crippen LogP contribution in [0.3, 0.4) is 0 Å². The first-order valence-electron chi connectivity index (χ1n) is 12.0. The zero-order valence-electron chi connectivity index (χ0n) is 20.7. The number of furan rings is 2. The largest absolute Gasteiger partial charge is 0.467 e. The van der Waals surface area contributed by atoms with Crippen molar-refractivity contribution in [1.82, 2.24) is 10.6 Å². The normalized spacial score (nSPS) is 11.6. The zero-order chi connectivity index (χ0) is 26.2. The number of carbonyl (C=O) groups excluding carboxylic acids is 3. The van der Waals surface area contributed by atoms with Crippen molar-refractivity contribution < 1.29 is 23.2 Å². The Hall–Kier alpha value is -4.59. The summed E-state index contributed by atoms with van der Waals surface area (Å²) in [7, 11) is 0. The van der Waals surface area contributed by atoms with Crippen LogP contribution >= 0.6 is 0 Å². The molecule has 0 saturated carbocycles. The molecule has 8 heteroatoms. The first-order valence-corrected chi connectivity index (χ1v) is 12.0. The quantitative estimate of drug-likeness (QED) is 0.326. The molecule has 37 heavy (non-hydrogen) atoms. The van der Waals surface area contributed by atoms with E-state index in [1.165, 1.54) is 23.5 Å². The van der Waals surface area contributed by atoms with E-state index in [4.69, 9.17) is 8.83 Å². The fraction of sp³-hybridized carbons (Fsp3) is 0.207. The first kappa shape index (κ1) is 25.5. The minimum atomic E-state index is -0.992. The van der Waals surface area contributed by atoms with E-state index < -0.39 is 17.9 Å². The molecule has 0 radical (unpaired) electrons. The number of nitrogens with one attached hydrogen (secondary N) is 2. The van der Waals surface area contributed by atoms with E-state index >= 15 is 0 Å². The fourth-order valence-electron chi connectivity index (χ4n) is 3.93. The number of amides is 3. The van der Waals surface area contributed by atoms with Gasteiger partial charge in [-0.2, -0.15) is 0 Å². The molecule has 0 aliphatic heterocycles. The molecule has 0 spiro atoms. The SMILES string of the molecule is CC(C)c1ccc(N(C(=O)CNC(=O)c2ccco2)C(C(=O)NCc2ccco2)c2ccccc2)cc1. The van der Waals surface area contributed by atoms with Gasteiger partial charge in [-0.3, -0.25) is 19.3 Å². The van der Waals surface area contributed by atoms with Gasteiger partial charge in [0.05, 0.1) is 25.6 Å². The molecule has 4 rings (SSSR count). The molecule has 2 heterocycles. The maximum atomic E-state index is 13.7. The highest BCUT2D eigenvalue weighted by atomic mass is 16.3. The van der Waals surface area contributed by atoms with Crippen molar-refractivity contribution in [1.29, 1.82) is 0 Å². The Labute approximate surface area is 215 Å². The maximum Gasteiger partial charge on any atom is 0.287 e. The Kier molecular flexibility index (Phi) is 8.20. The summed E-state index contributed by atoms with van der Waals surface area (Å²) in [5, 5.41) is 5.47. The van der Waals surface area contributed by atoms with E-state index in [0.717, 1.165) is 5.56 Å². The minimum absolute atomic E-state index is 0.0939. The van der Waals surface area contributed by atoms with Gasteiger partial charge in [0.25, 0.3) is 5.91 Å². The summed E-state index contributed by atoms with van der Waals surface area (Å²) in [6, 6.07) is 22.2. The second kappa shape index (κ2) is 11.9. The van der Waals surface area contributed by atoms with Gasteiger partial charge in [0.1, 0.15) is 11.8 Å². The number of anilines is 1. The lowest BCUT2D eigenvalue weighted by Gasteiger charge is -2.32. The van der Waals surface area contributed by atoms with Gasteiger partial charge in [-0.25, -0.2) is 0 Å². The molecule has 0 fully saturated rings. The average molecular weight is 500 g/mol. The van der Waals surface area contributed by atoms with E-state index in [2.05, 4.69) is 24.5 Å². The fourth-order valence-corrected chi connectivity index (χ4v) is 3.93. The van der Waals surface area contributed by atoms with Crippen molar-refractivity contribution in [2.75, 3.05) is 11.4 Å². The van der Waals surface area contributed by atoms with E-state index in [9.17, 15) is 14.4 Å². The standard InChI is InChI=1S/C29H29N3O5/c1-20(2)21-12-14-23(15-13-21)32(26(33)19-31-28(34)25-11-7-17-37-25)27(22-8-4-3-5-9-22)29(35)30-18-24-10-6-16-36-24/h3-17,20,27H,18-19H2,1-2H3,(H,30,35)(H,31,34). The number of carbonyl (C=O) groups is 3. The minimum Gasteiger partial charge on any atom is -0.467 e. The van der Waals surface area contributed by atoms with E-state index in [1.54, 1.807) is 30.3 Å². The Morgan fingerprint density at radius 3 is 2.11 bits per heavy atom. The highest BCUT2D eigenvalue weighted by molar-refractivity contribution is 6.04. The highest BCUT2D eigenvalue weighted by Crippen LogP contribution is 2.29. The van der Waals surface area contributed by atoms with Crippen LogP contribution < -0.4 is 15.5 Å². The molecule has 0 aliphatic carbocycles. The van der Waals surface area contributed by atoms with Crippen molar-refractivity contribution in [3.63, 3.8) is 0 Å². The molecule has 0 aliphatic rings. The lowest BCUT2D eigenvalue weighted by molar-refractivity contribution is -0.126. The Morgan fingerprint density at radius 1 is 0.784 bits per heavy atom. The van der Waals surface area contributed by atoms with Gasteiger partial charge in [0.2, 0.25) is 11.8 Å². The van der Waals surface area contributed by atoms with Gasteiger partial charge in [-0.15, -0.1) is 0 Å². The summed E-state index contributed by atoms with van der Waals surface area (Å²) in [6.07, 6.45) is 2.91. The van der Waals surface area contributed by atoms with Gasteiger partial charge in [-0.05, 0) is 53.4 Å². The summed E-state index contributed by atoms with van der Waals surface area (Å²) in [5.41, 5.74) is 2.25. The molecule has 8 nitrogen and oxygen atoms in total. The van der Waals surface area contributed by atoms with Gasteiger partial charge in [-0.1, -0.05) is 56.3 Å². The summed E-state index contributed by atoms with van der Waals surface area (Å²) >= 11 is 0. The van der Waals surface area contributed by atoms with Crippen LogP contribution in [0.4, 0.5) is 5.69 Å². The molecule has 1 atom stereocenters. The molecule has 0 bridgehead atoms. The van der Waals surface area contributed by atoms with Crippen molar-refractivity contribution in [2.24, 2.45) is 0 Å². The third-order valence-corrected chi connectivity index (χ3v) is 5.89. The number of hydrogen-bond acceptors (Lipinski definition) is 5. The molecular weight excluding hydrogens is 470 g/mol. The predicted octanol–water partition coefficient (Wildman–Crippen LogP) is 4.82. The lowest BCUT2D eigenvalue weighted by atomic mass is 10.0. The average Bonchev–Trinajstić information content (AvgIpc) is 3.64. The number of nitrogens with zero attached hydrogens (tertiary/aromatic N) is 1. The third kappa shape index (κ3) is 6.35. The van der Waals surface area contributed by atoms with Crippen molar-refractivity contribution in [3.05, 3.63) is 114 Å². The summed E-state index contributed by atoms with van der Waals surface area (Å²) in [6.45, 7) is 3.99. The van der Waals surface area contributed by atoms with Gasteiger partial charge >= 0.3 is 0 Å². The van der Waals surface area contributed by atoms with Crippen LogP contribution in [0.2, 0.25) is 0 Å². The predicted molar refractivity (Wildman–Crippen MR) is 139 cm³/mol. The number of benzene rings is 2. The maximum absolute atomic E-state index is 13.7. The van der Waals surface area contributed by atoms with Crippen LogP contribution in [0.1, 0.15) is 53.2 Å². The Bertz CT molecular complexity index is 1300. The number of hydrogen-bond donors (Lipinski definition) is 2. The van der Waals surface area contributed by atoms with Crippen LogP contribution in [0.25, 0.3) is 0 Å². The van der Waals surface area contributed by atoms with Crippen LogP contribution in [0, 0.1) is 0 Å². The van der Waals surface area contributed by atoms with Crippen LogP contribution in [-0.4, -0.2) is 24.3 Å². The summed E-state index contributed by atoms with van der Waals surface area (Å²) in [4.78, 5) is 41.1. The second-order valence-electron chi connectivity index (χ2n) is 8.78. The van der Waals surface area contributed by atoms with Crippen molar-refractivity contribution >= 4 is 23.4 Å². The molecule has 4 aromatic rings. The smallest absolute Gasteiger partial charge is 0.287 e. The van der Waals surface area contributed by atoms with Gasteiger partial charge in [0, 0.05) is 5.69 Å². The molecule has 1 unspecified atom stereocenters. The first-order chi connectivity index (χ1) is 17.9. The van der Waals surface area contributed by atoms with Gasteiger partial charge in [0.15, 0.2) is 5.76 Å².